The van der Waals surface area contributed by atoms with Crippen LogP contribution in [0.5, 0.6) is 0 Å². The first kappa shape index (κ1) is 12.0. The zero-order chi connectivity index (χ0) is 12.3. The lowest BCUT2D eigenvalue weighted by Crippen LogP contribution is -2.23. The van der Waals surface area contributed by atoms with Gasteiger partial charge in [0, 0.05) is 6.04 Å². The van der Waals surface area contributed by atoms with Gasteiger partial charge in [0.2, 0.25) is 11.0 Å². The molecule has 0 spiro atoms. The highest BCUT2D eigenvalue weighted by Crippen LogP contribution is 2.30. The minimum atomic E-state index is -0.548. The third kappa shape index (κ3) is 2.82. The maximum absolute atomic E-state index is 10.9. The van der Waals surface area contributed by atoms with Crippen molar-refractivity contribution in [3.63, 3.8) is 0 Å². The van der Waals surface area contributed by atoms with Crippen molar-refractivity contribution in [2.45, 2.75) is 38.1 Å². The van der Waals surface area contributed by atoms with Crippen molar-refractivity contribution in [1.82, 2.24) is 9.97 Å². The molecule has 1 saturated carbocycles. The molecule has 0 radical (unpaired) electrons. The molecule has 1 aromatic heterocycles. The number of anilines is 1. The quantitative estimate of drug-likeness (QED) is 0.511. The summed E-state index contributed by atoms with van der Waals surface area (Å²) >= 11 is 5.71. The van der Waals surface area contributed by atoms with Crippen molar-refractivity contribution < 1.29 is 4.92 Å². The molecule has 0 unspecified atom stereocenters. The number of nitro groups is 1. The molecule has 1 aromatic rings. The van der Waals surface area contributed by atoms with Gasteiger partial charge in [0.1, 0.15) is 6.33 Å². The van der Waals surface area contributed by atoms with Gasteiger partial charge in [-0.05, 0) is 12.8 Å². The van der Waals surface area contributed by atoms with Gasteiger partial charge in [0.25, 0.3) is 0 Å². The largest absolute Gasteiger partial charge is 0.361 e. The molecule has 0 bridgehead atoms. The van der Waals surface area contributed by atoms with Crippen molar-refractivity contribution in [1.29, 1.82) is 0 Å². The first-order valence-electron chi connectivity index (χ1n) is 5.60. The number of rotatable bonds is 3. The van der Waals surface area contributed by atoms with E-state index in [0.29, 0.717) is 0 Å². The van der Waals surface area contributed by atoms with E-state index in [2.05, 4.69) is 15.3 Å². The molecule has 2 rings (SSSR count). The van der Waals surface area contributed by atoms with Crippen LogP contribution in [0.2, 0.25) is 5.15 Å². The molecule has 1 N–H and O–H groups in total. The summed E-state index contributed by atoms with van der Waals surface area (Å²) in [5.74, 6) is 0.224. The molecule has 0 aromatic carbocycles. The average molecular weight is 257 g/mol. The first-order chi connectivity index (χ1) is 8.18. The molecule has 0 amide bonds. The molecule has 1 aliphatic rings. The summed E-state index contributed by atoms with van der Waals surface area (Å²) in [5.41, 5.74) is -0.236. The monoisotopic (exact) mass is 256 g/mol. The Labute approximate surface area is 104 Å². The number of aromatic nitrogens is 2. The van der Waals surface area contributed by atoms with Crippen LogP contribution in [0.4, 0.5) is 11.5 Å². The Balaban J connectivity index is 2.19. The minimum absolute atomic E-state index is 0.122. The predicted molar refractivity (Wildman–Crippen MR) is 64.2 cm³/mol. The Morgan fingerprint density at radius 1 is 1.35 bits per heavy atom. The highest BCUT2D eigenvalue weighted by Gasteiger charge is 2.24. The molecule has 17 heavy (non-hydrogen) atoms. The maximum atomic E-state index is 10.9. The summed E-state index contributed by atoms with van der Waals surface area (Å²) < 4.78 is 0. The van der Waals surface area contributed by atoms with Crippen LogP contribution in [0.3, 0.4) is 0 Å². The van der Waals surface area contributed by atoms with Gasteiger partial charge in [-0.25, -0.2) is 9.97 Å². The van der Waals surface area contributed by atoms with Crippen LogP contribution >= 0.6 is 11.6 Å². The van der Waals surface area contributed by atoms with E-state index in [0.717, 1.165) is 25.7 Å². The second kappa shape index (κ2) is 5.27. The van der Waals surface area contributed by atoms with E-state index in [1.807, 2.05) is 0 Å². The molecule has 7 heteroatoms. The summed E-state index contributed by atoms with van der Waals surface area (Å²) in [7, 11) is 0. The fraction of sp³-hybridized carbons (Fsp3) is 0.600. The number of halogens is 1. The number of nitrogens with zero attached hydrogens (tertiary/aromatic N) is 3. The summed E-state index contributed by atoms with van der Waals surface area (Å²) in [6, 6.07) is 0.244. The standard InChI is InChI=1S/C10H13ClN4O2/c11-9-8(15(16)17)10(13-6-12-9)14-7-4-2-1-3-5-7/h6-7H,1-5H2,(H,12,13,14). The predicted octanol–water partition coefficient (Wildman–Crippen LogP) is 2.78. The van der Waals surface area contributed by atoms with Gasteiger partial charge in [-0.2, -0.15) is 0 Å². The first-order valence-corrected chi connectivity index (χ1v) is 5.97. The molecule has 1 heterocycles. The van der Waals surface area contributed by atoms with Gasteiger partial charge >= 0.3 is 5.69 Å². The van der Waals surface area contributed by atoms with E-state index in [-0.39, 0.29) is 22.7 Å². The van der Waals surface area contributed by atoms with E-state index < -0.39 is 4.92 Å². The Hall–Kier alpha value is -1.43. The molecule has 0 aliphatic heterocycles. The van der Waals surface area contributed by atoms with Gasteiger partial charge in [-0.1, -0.05) is 30.9 Å². The van der Waals surface area contributed by atoms with Gasteiger partial charge in [0.15, 0.2) is 0 Å². The average Bonchev–Trinajstić information content (AvgIpc) is 2.30. The number of hydrogen-bond donors (Lipinski definition) is 1. The van der Waals surface area contributed by atoms with Crippen molar-refractivity contribution in [2.75, 3.05) is 5.32 Å². The lowest BCUT2D eigenvalue weighted by atomic mass is 9.95. The molecule has 0 atom stereocenters. The fourth-order valence-electron chi connectivity index (χ4n) is 2.06. The van der Waals surface area contributed by atoms with Crippen LogP contribution in [0, 0.1) is 10.1 Å². The van der Waals surface area contributed by atoms with E-state index in [9.17, 15) is 10.1 Å². The topological polar surface area (TPSA) is 81.0 Å². The lowest BCUT2D eigenvalue weighted by Gasteiger charge is -2.22. The van der Waals surface area contributed by atoms with Crippen LogP contribution in [0.25, 0.3) is 0 Å². The van der Waals surface area contributed by atoms with Crippen LogP contribution in [-0.4, -0.2) is 20.9 Å². The number of nitrogens with one attached hydrogen (secondary N) is 1. The van der Waals surface area contributed by atoms with E-state index in [1.54, 1.807) is 0 Å². The molecule has 1 aliphatic carbocycles. The zero-order valence-electron chi connectivity index (χ0n) is 9.23. The Morgan fingerprint density at radius 2 is 2.06 bits per heavy atom. The smallest absolute Gasteiger partial charge is 0.348 e. The summed E-state index contributed by atoms with van der Waals surface area (Å²) in [6.07, 6.45) is 6.78. The summed E-state index contributed by atoms with van der Waals surface area (Å²) in [4.78, 5) is 17.9. The molecule has 6 nitrogen and oxygen atoms in total. The molecule has 1 fully saturated rings. The maximum Gasteiger partial charge on any atom is 0.348 e. The molecule has 92 valence electrons. The normalized spacial score (nSPS) is 16.8. The Bertz CT molecular complexity index is 421. The van der Waals surface area contributed by atoms with Crippen LogP contribution in [0.1, 0.15) is 32.1 Å². The SMILES string of the molecule is O=[N+]([O-])c1c(Cl)ncnc1NC1CCCCC1. The Morgan fingerprint density at radius 3 is 2.71 bits per heavy atom. The van der Waals surface area contributed by atoms with Crippen molar-refractivity contribution >= 4 is 23.1 Å². The highest BCUT2D eigenvalue weighted by molar-refractivity contribution is 6.31. The van der Waals surface area contributed by atoms with E-state index >= 15 is 0 Å². The van der Waals surface area contributed by atoms with Crippen LogP contribution in [-0.2, 0) is 0 Å². The summed E-state index contributed by atoms with van der Waals surface area (Å²) in [5, 5.41) is 13.9. The third-order valence-electron chi connectivity index (χ3n) is 2.91. The molecular weight excluding hydrogens is 244 g/mol. The van der Waals surface area contributed by atoms with Gasteiger partial charge in [0.05, 0.1) is 4.92 Å². The second-order valence-electron chi connectivity index (χ2n) is 4.10. The van der Waals surface area contributed by atoms with E-state index in [4.69, 9.17) is 11.6 Å². The second-order valence-corrected chi connectivity index (χ2v) is 4.46. The van der Waals surface area contributed by atoms with E-state index in [1.165, 1.54) is 12.7 Å². The fourth-order valence-corrected chi connectivity index (χ4v) is 2.27. The van der Waals surface area contributed by atoms with Crippen molar-refractivity contribution in [2.24, 2.45) is 0 Å². The third-order valence-corrected chi connectivity index (χ3v) is 3.18. The van der Waals surface area contributed by atoms with Gasteiger partial charge < -0.3 is 5.32 Å². The molecular formula is C10H13ClN4O2. The Kier molecular flexibility index (Phi) is 3.73. The van der Waals surface area contributed by atoms with Crippen molar-refractivity contribution in [3.8, 4) is 0 Å². The van der Waals surface area contributed by atoms with Crippen molar-refractivity contribution in [3.05, 3.63) is 21.6 Å². The van der Waals surface area contributed by atoms with Crippen LogP contribution < -0.4 is 5.32 Å². The zero-order valence-corrected chi connectivity index (χ0v) is 9.98. The molecule has 0 saturated heterocycles. The highest BCUT2D eigenvalue weighted by atomic mass is 35.5. The lowest BCUT2D eigenvalue weighted by molar-refractivity contribution is -0.384. The minimum Gasteiger partial charge on any atom is -0.361 e. The van der Waals surface area contributed by atoms with Crippen LogP contribution in [0.15, 0.2) is 6.33 Å². The summed E-state index contributed by atoms with van der Waals surface area (Å²) in [6.45, 7) is 0. The van der Waals surface area contributed by atoms with Gasteiger partial charge in [-0.3, -0.25) is 10.1 Å². The van der Waals surface area contributed by atoms with Gasteiger partial charge in [-0.15, -0.1) is 0 Å². The number of hydrogen-bond acceptors (Lipinski definition) is 5.